The summed E-state index contributed by atoms with van der Waals surface area (Å²) in [7, 11) is 0. The first-order chi connectivity index (χ1) is 13.7. The third kappa shape index (κ3) is 5.68. The van der Waals surface area contributed by atoms with E-state index in [9.17, 15) is 22.4 Å². The van der Waals surface area contributed by atoms with Gasteiger partial charge >= 0.3 is 6.18 Å². The van der Waals surface area contributed by atoms with Crippen LogP contribution in [0.1, 0.15) is 5.69 Å². The van der Waals surface area contributed by atoms with Crippen LogP contribution in [0.2, 0.25) is 5.02 Å². The standard InChI is InChI=1S/C19H12ClF4N3OS/c20-13-8-12(6-7-14(13)21)25-17(28)10-29-18-26-15(11-4-2-1-3-5-11)9-16(27-18)19(22,23)24/h1-9H,10H2,(H,25,28). The zero-order valence-corrected chi connectivity index (χ0v) is 16.1. The van der Waals surface area contributed by atoms with E-state index < -0.39 is 23.6 Å². The highest BCUT2D eigenvalue weighted by atomic mass is 35.5. The molecule has 1 N–H and O–H groups in total. The molecule has 0 spiro atoms. The van der Waals surface area contributed by atoms with Gasteiger partial charge in [0.15, 0.2) is 5.16 Å². The Morgan fingerprint density at radius 3 is 2.45 bits per heavy atom. The number of benzene rings is 2. The molecule has 0 bridgehead atoms. The Morgan fingerprint density at radius 2 is 1.79 bits per heavy atom. The van der Waals surface area contributed by atoms with Gasteiger partial charge < -0.3 is 5.32 Å². The van der Waals surface area contributed by atoms with E-state index in [1.165, 1.54) is 12.1 Å². The third-order valence-electron chi connectivity index (χ3n) is 3.60. The second-order valence-electron chi connectivity index (χ2n) is 5.75. The smallest absolute Gasteiger partial charge is 0.325 e. The van der Waals surface area contributed by atoms with Crippen molar-refractivity contribution in [2.45, 2.75) is 11.3 Å². The molecule has 10 heteroatoms. The van der Waals surface area contributed by atoms with E-state index >= 15 is 0 Å². The number of hydrogen-bond acceptors (Lipinski definition) is 4. The van der Waals surface area contributed by atoms with Gasteiger partial charge in [-0.25, -0.2) is 14.4 Å². The van der Waals surface area contributed by atoms with Gasteiger partial charge in [-0.3, -0.25) is 4.79 Å². The SMILES string of the molecule is O=C(CSc1nc(-c2ccccc2)cc(C(F)(F)F)n1)Nc1ccc(F)c(Cl)c1. The van der Waals surface area contributed by atoms with Crippen LogP contribution in [0.25, 0.3) is 11.3 Å². The highest BCUT2D eigenvalue weighted by Crippen LogP contribution is 2.32. The predicted octanol–water partition coefficient (Wildman–Crippen LogP) is 5.69. The summed E-state index contributed by atoms with van der Waals surface area (Å²) in [6.45, 7) is 0. The Hall–Kier alpha value is -2.65. The Labute approximate surface area is 172 Å². The van der Waals surface area contributed by atoms with Crippen molar-refractivity contribution in [1.29, 1.82) is 0 Å². The molecule has 1 aromatic heterocycles. The molecule has 0 saturated heterocycles. The third-order valence-corrected chi connectivity index (χ3v) is 4.74. The van der Waals surface area contributed by atoms with Gasteiger partial charge in [0.1, 0.15) is 11.5 Å². The highest BCUT2D eigenvalue weighted by Gasteiger charge is 2.34. The van der Waals surface area contributed by atoms with Crippen LogP contribution in [-0.4, -0.2) is 21.6 Å². The van der Waals surface area contributed by atoms with Gasteiger partial charge in [-0.2, -0.15) is 13.2 Å². The van der Waals surface area contributed by atoms with E-state index in [-0.39, 0.29) is 27.3 Å². The molecule has 0 fully saturated rings. The van der Waals surface area contributed by atoms with Gasteiger partial charge in [-0.05, 0) is 24.3 Å². The molecule has 0 aliphatic carbocycles. The number of anilines is 1. The van der Waals surface area contributed by atoms with Crippen LogP contribution >= 0.6 is 23.4 Å². The fraction of sp³-hybridized carbons (Fsp3) is 0.105. The summed E-state index contributed by atoms with van der Waals surface area (Å²) < 4.78 is 52.8. The van der Waals surface area contributed by atoms with Crippen molar-refractivity contribution in [1.82, 2.24) is 9.97 Å². The molecule has 0 aliphatic rings. The lowest BCUT2D eigenvalue weighted by Crippen LogP contribution is -2.15. The van der Waals surface area contributed by atoms with E-state index in [1.807, 2.05) is 0 Å². The van der Waals surface area contributed by atoms with Crippen molar-refractivity contribution >= 4 is 35.0 Å². The van der Waals surface area contributed by atoms with Crippen molar-refractivity contribution in [3.05, 3.63) is 71.1 Å². The molecule has 3 rings (SSSR count). The van der Waals surface area contributed by atoms with E-state index in [0.29, 0.717) is 5.56 Å². The lowest BCUT2D eigenvalue weighted by molar-refractivity contribution is -0.141. The second-order valence-corrected chi connectivity index (χ2v) is 7.10. The molecule has 2 aromatic carbocycles. The molecule has 150 valence electrons. The van der Waals surface area contributed by atoms with Crippen LogP contribution in [0, 0.1) is 5.82 Å². The first-order valence-electron chi connectivity index (χ1n) is 8.12. The number of nitrogens with zero attached hydrogens (tertiary/aromatic N) is 2. The Kier molecular flexibility index (Phi) is 6.39. The molecule has 3 aromatic rings. The van der Waals surface area contributed by atoms with Crippen molar-refractivity contribution in [2.24, 2.45) is 0 Å². The fourth-order valence-electron chi connectivity index (χ4n) is 2.29. The number of carbonyl (C=O) groups excluding carboxylic acids is 1. The molecule has 0 atom stereocenters. The normalized spacial score (nSPS) is 11.3. The monoisotopic (exact) mass is 441 g/mol. The topological polar surface area (TPSA) is 54.9 Å². The Morgan fingerprint density at radius 1 is 1.07 bits per heavy atom. The average molecular weight is 442 g/mol. The Balaban J connectivity index is 1.77. The molecule has 29 heavy (non-hydrogen) atoms. The van der Waals surface area contributed by atoms with Crippen LogP contribution in [-0.2, 0) is 11.0 Å². The number of carbonyl (C=O) groups is 1. The summed E-state index contributed by atoms with van der Waals surface area (Å²) in [5, 5.41) is 2.13. The van der Waals surface area contributed by atoms with E-state index in [0.717, 1.165) is 23.9 Å². The number of thioether (sulfide) groups is 1. The first kappa shape index (κ1) is 21.1. The maximum atomic E-state index is 13.2. The van der Waals surface area contributed by atoms with Gasteiger partial charge in [0.05, 0.1) is 16.5 Å². The molecular formula is C19H12ClF4N3OS. The number of nitrogens with one attached hydrogen (secondary N) is 1. The number of halogens is 5. The van der Waals surface area contributed by atoms with Crippen LogP contribution in [0.4, 0.5) is 23.2 Å². The quantitative estimate of drug-likeness (QED) is 0.314. The average Bonchev–Trinajstić information content (AvgIpc) is 2.69. The zero-order chi connectivity index (χ0) is 21.0. The number of alkyl halides is 3. The number of hydrogen-bond donors (Lipinski definition) is 1. The summed E-state index contributed by atoms with van der Waals surface area (Å²) in [5.74, 6) is -1.41. The summed E-state index contributed by atoms with van der Waals surface area (Å²) in [4.78, 5) is 19.7. The summed E-state index contributed by atoms with van der Waals surface area (Å²) in [6.07, 6.45) is -4.66. The molecule has 4 nitrogen and oxygen atoms in total. The van der Waals surface area contributed by atoms with Gasteiger partial charge in [-0.15, -0.1) is 0 Å². The minimum Gasteiger partial charge on any atom is -0.325 e. The van der Waals surface area contributed by atoms with E-state index in [4.69, 9.17) is 11.6 Å². The van der Waals surface area contributed by atoms with Gasteiger partial charge in [0.2, 0.25) is 5.91 Å². The fourth-order valence-corrected chi connectivity index (χ4v) is 3.13. The van der Waals surface area contributed by atoms with Crippen LogP contribution in [0.3, 0.4) is 0 Å². The molecule has 0 saturated carbocycles. The zero-order valence-electron chi connectivity index (χ0n) is 14.5. The van der Waals surface area contributed by atoms with E-state index in [1.54, 1.807) is 30.3 Å². The first-order valence-corrected chi connectivity index (χ1v) is 9.48. The van der Waals surface area contributed by atoms with E-state index in [2.05, 4.69) is 15.3 Å². The maximum absolute atomic E-state index is 13.2. The summed E-state index contributed by atoms with van der Waals surface area (Å²) in [5.41, 5.74) is -0.245. The molecular weight excluding hydrogens is 430 g/mol. The summed E-state index contributed by atoms with van der Waals surface area (Å²) >= 11 is 6.40. The predicted molar refractivity (Wildman–Crippen MR) is 103 cm³/mol. The molecule has 1 amide bonds. The van der Waals surface area contributed by atoms with Crippen molar-refractivity contribution < 1.29 is 22.4 Å². The molecule has 0 radical (unpaired) electrons. The van der Waals surface area contributed by atoms with Gasteiger partial charge in [0, 0.05) is 11.3 Å². The largest absolute Gasteiger partial charge is 0.433 e. The summed E-state index contributed by atoms with van der Waals surface area (Å²) in [6, 6.07) is 12.8. The molecule has 0 unspecified atom stereocenters. The minimum atomic E-state index is -4.66. The van der Waals surface area contributed by atoms with Crippen LogP contribution < -0.4 is 5.32 Å². The molecule has 0 aliphatic heterocycles. The van der Waals surface area contributed by atoms with Crippen LogP contribution in [0.5, 0.6) is 0 Å². The van der Waals surface area contributed by atoms with Gasteiger partial charge in [0.25, 0.3) is 0 Å². The van der Waals surface area contributed by atoms with Crippen molar-refractivity contribution in [3.8, 4) is 11.3 Å². The highest BCUT2D eigenvalue weighted by molar-refractivity contribution is 7.99. The number of amides is 1. The minimum absolute atomic E-state index is 0.0983. The Bertz CT molecular complexity index is 1030. The van der Waals surface area contributed by atoms with Crippen molar-refractivity contribution in [3.63, 3.8) is 0 Å². The number of rotatable bonds is 5. The van der Waals surface area contributed by atoms with Crippen LogP contribution in [0.15, 0.2) is 59.8 Å². The second kappa shape index (κ2) is 8.79. The molecule has 1 heterocycles. The van der Waals surface area contributed by atoms with Gasteiger partial charge in [-0.1, -0.05) is 53.7 Å². The lowest BCUT2D eigenvalue weighted by Gasteiger charge is -2.10. The number of aromatic nitrogens is 2. The maximum Gasteiger partial charge on any atom is 0.433 e. The van der Waals surface area contributed by atoms with Crippen molar-refractivity contribution in [2.75, 3.05) is 11.1 Å². The lowest BCUT2D eigenvalue weighted by atomic mass is 10.1.